The van der Waals surface area contributed by atoms with Gasteiger partial charge in [-0.25, -0.2) is 0 Å². The van der Waals surface area contributed by atoms with Crippen molar-refractivity contribution in [2.24, 2.45) is 0 Å². The molecule has 2 aromatic carbocycles. The molecule has 4 N–H and O–H groups in total. The first-order chi connectivity index (χ1) is 11.5. The van der Waals surface area contributed by atoms with Gasteiger partial charge in [0.05, 0.1) is 0 Å². The molecule has 0 atom stereocenters. The van der Waals surface area contributed by atoms with Crippen LogP contribution in [0.3, 0.4) is 0 Å². The standard InChI is InChI=1S/C18H17NO5/c1-19-17(23)7-4-10-2-6-14(21)18-12(10)9-16(24-18)11-3-5-13(20)15(22)8-11/h2-3,5-6,8-9,20-22H,4,7H2,1H3,(H,19,23). The van der Waals surface area contributed by atoms with Gasteiger partial charge in [0.15, 0.2) is 22.8 Å². The number of carbonyl (C=O) groups excluding carboxylic acids is 1. The molecule has 3 aromatic rings. The number of benzene rings is 2. The molecule has 1 aromatic heterocycles. The smallest absolute Gasteiger partial charge is 0.220 e. The van der Waals surface area contributed by atoms with E-state index in [9.17, 15) is 20.1 Å². The Kier molecular flexibility index (Phi) is 4.04. The van der Waals surface area contributed by atoms with E-state index in [2.05, 4.69) is 5.32 Å². The molecule has 1 heterocycles. The lowest BCUT2D eigenvalue weighted by atomic mass is 10.0. The van der Waals surface area contributed by atoms with E-state index in [4.69, 9.17) is 4.42 Å². The highest BCUT2D eigenvalue weighted by Crippen LogP contribution is 2.37. The summed E-state index contributed by atoms with van der Waals surface area (Å²) in [5.74, 6) is -0.0877. The van der Waals surface area contributed by atoms with Gasteiger partial charge in [-0.15, -0.1) is 0 Å². The first-order valence-corrected chi connectivity index (χ1v) is 7.47. The van der Waals surface area contributed by atoms with Gasteiger partial charge in [-0.2, -0.15) is 0 Å². The number of phenols is 3. The molecule has 6 nitrogen and oxygen atoms in total. The molecule has 0 saturated heterocycles. The number of furan rings is 1. The number of nitrogens with one attached hydrogen (secondary N) is 1. The molecule has 24 heavy (non-hydrogen) atoms. The number of hydrogen-bond acceptors (Lipinski definition) is 5. The monoisotopic (exact) mass is 327 g/mol. The van der Waals surface area contributed by atoms with Crippen LogP contribution in [0.2, 0.25) is 0 Å². The zero-order valence-corrected chi connectivity index (χ0v) is 13.0. The van der Waals surface area contributed by atoms with Crippen LogP contribution in [0.4, 0.5) is 0 Å². The van der Waals surface area contributed by atoms with E-state index in [0.717, 1.165) is 5.56 Å². The van der Waals surface area contributed by atoms with Crippen LogP contribution >= 0.6 is 0 Å². The number of amides is 1. The van der Waals surface area contributed by atoms with Gasteiger partial charge in [0, 0.05) is 24.4 Å². The Bertz CT molecular complexity index is 913. The normalized spacial score (nSPS) is 10.9. The molecule has 124 valence electrons. The highest BCUT2D eigenvalue weighted by Gasteiger charge is 2.15. The van der Waals surface area contributed by atoms with Crippen molar-refractivity contribution in [3.8, 4) is 28.6 Å². The van der Waals surface area contributed by atoms with Crippen LogP contribution in [0.5, 0.6) is 17.2 Å². The predicted octanol–water partition coefficient (Wildman–Crippen LogP) is 2.90. The minimum absolute atomic E-state index is 0.00273. The summed E-state index contributed by atoms with van der Waals surface area (Å²) in [6.07, 6.45) is 0.840. The van der Waals surface area contributed by atoms with Crippen LogP contribution < -0.4 is 5.32 Å². The largest absolute Gasteiger partial charge is 0.504 e. The van der Waals surface area contributed by atoms with Crippen molar-refractivity contribution in [2.75, 3.05) is 7.05 Å². The van der Waals surface area contributed by atoms with Gasteiger partial charge < -0.3 is 25.1 Å². The summed E-state index contributed by atoms with van der Waals surface area (Å²) in [6.45, 7) is 0. The lowest BCUT2D eigenvalue weighted by Crippen LogP contribution is -2.17. The van der Waals surface area contributed by atoms with Gasteiger partial charge in [-0.1, -0.05) is 6.07 Å². The fraction of sp³-hybridized carbons (Fsp3) is 0.167. The number of rotatable bonds is 4. The lowest BCUT2D eigenvalue weighted by Gasteiger charge is -2.03. The molecule has 0 bridgehead atoms. The SMILES string of the molecule is CNC(=O)CCc1ccc(O)c2oc(-c3ccc(O)c(O)c3)cc12. The molecule has 0 saturated carbocycles. The average molecular weight is 327 g/mol. The third-order valence-corrected chi connectivity index (χ3v) is 3.91. The number of aryl methyl sites for hydroxylation is 1. The first-order valence-electron chi connectivity index (χ1n) is 7.47. The van der Waals surface area contributed by atoms with E-state index in [-0.39, 0.29) is 23.2 Å². The van der Waals surface area contributed by atoms with Crippen LogP contribution in [0.1, 0.15) is 12.0 Å². The second-order valence-electron chi connectivity index (χ2n) is 5.47. The Morgan fingerprint density at radius 2 is 1.79 bits per heavy atom. The van der Waals surface area contributed by atoms with E-state index < -0.39 is 0 Å². The molecule has 1 amide bonds. The molecule has 0 unspecified atom stereocenters. The van der Waals surface area contributed by atoms with E-state index >= 15 is 0 Å². The minimum atomic E-state index is -0.253. The van der Waals surface area contributed by atoms with Crippen LogP contribution in [0, 0.1) is 0 Å². The van der Waals surface area contributed by atoms with Gasteiger partial charge in [-0.3, -0.25) is 4.79 Å². The molecule has 0 spiro atoms. The summed E-state index contributed by atoms with van der Waals surface area (Å²) < 4.78 is 5.71. The van der Waals surface area contributed by atoms with Gasteiger partial charge in [0.2, 0.25) is 5.91 Å². The molecular formula is C18H17NO5. The van der Waals surface area contributed by atoms with Crippen LogP contribution in [0.15, 0.2) is 40.8 Å². The Labute approximate surface area is 138 Å². The lowest BCUT2D eigenvalue weighted by molar-refractivity contribution is -0.120. The predicted molar refractivity (Wildman–Crippen MR) is 89.0 cm³/mol. The van der Waals surface area contributed by atoms with Crippen molar-refractivity contribution in [1.29, 1.82) is 0 Å². The zero-order chi connectivity index (χ0) is 17.3. The number of aromatic hydroxyl groups is 3. The summed E-state index contributed by atoms with van der Waals surface area (Å²) in [4.78, 5) is 11.4. The maximum Gasteiger partial charge on any atom is 0.220 e. The number of phenolic OH excluding ortho intramolecular Hbond substituents is 3. The third kappa shape index (κ3) is 2.86. The molecule has 3 rings (SSSR count). The van der Waals surface area contributed by atoms with Crippen molar-refractivity contribution < 1.29 is 24.5 Å². The summed E-state index contributed by atoms with van der Waals surface area (Å²) in [6, 6.07) is 9.39. The fourth-order valence-electron chi connectivity index (χ4n) is 2.57. The van der Waals surface area contributed by atoms with Gasteiger partial charge >= 0.3 is 0 Å². The maximum absolute atomic E-state index is 11.4. The van der Waals surface area contributed by atoms with Gasteiger partial charge in [-0.05, 0) is 42.3 Å². The van der Waals surface area contributed by atoms with Crippen LogP contribution in [-0.2, 0) is 11.2 Å². The molecule has 0 radical (unpaired) electrons. The Morgan fingerprint density at radius 3 is 2.50 bits per heavy atom. The second kappa shape index (κ2) is 6.16. The van der Waals surface area contributed by atoms with Crippen LogP contribution in [-0.4, -0.2) is 28.3 Å². The van der Waals surface area contributed by atoms with E-state index in [1.165, 1.54) is 18.2 Å². The molecular weight excluding hydrogens is 310 g/mol. The van der Waals surface area contributed by atoms with Crippen molar-refractivity contribution in [3.05, 3.63) is 42.0 Å². The van der Waals surface area contributed by atoms with Crippen molar-refractivity contribution in [2.45, 2.75) is 12.8 Å². The summed E-state index contributed by atoms with van der Waals surface area (Å²) in [5, 5.41) is 32.3. The molecule has 6 heteroatoms. The Hall–Kier alpha value is -3.15. The summed E-state index contributed by atoms with van der Waals surface area (Å²) in [7, 11) is 1.59. The quantitative estimate of drug-likeness (QED) is 0.552. The zero-order valence-electron chi connectivity index (χ0n) is 13.0. The fourth-order valence-corrected chi connectivity index (χ4v) is 2.57. The van der Waals surface area contributed by atoms with Crippen molar-refractivity contribution >= 4 is 16.9 Å². The average Bonchev–Trinajstić information content (AvgIpc) is 3.02. The third-order valence-electron chi connectivity index (χ3n) is 3.91. The Morgan fingerprint density at radius 1 is 1.04 bits per heavy atom. The van der Waals surface area contributed by atoms with E-state index in [1.807, 2.05) is 0 Å². The minimum Gasteiger partial charge on any atom is -0.504 e. The maximum atomic E-state index is 11.4. The van der Waals surface area contributed by atoms with Crippen molar-refractivity contribution in [3.63, 3.8) is 0 Å². The topological polar surface area (TPSA) is 103 Å². The molecule has 0 aliphatic rings. The van der Waals surface area contributed by atoms with Crippen LogP contribution in [0.25, 0.3) is 22.3 Å². The number of fused-ring (bicyclic) bond motifs is 1. The van der Waals surface area contributed by atoms with Crippen molar-refractivity contribution in [1.82, 2.24) is 5.32 Å². The second-order valence-corrected chi connectivity index (χ2v) is 5.47. The highest BCUT2D eigenvalue weighted by atomic mass is 16.4. The molecule has 0 aliphatic carbocycles. The summed E-state index contributed by atoms with van der Waals surface area (Å²) in [5.41, 5.74) is 1.77. The molecule has 0 aliphatic heterocycles. The van der Waals surface area contributed by atoms with Gasteiger partial charge in [0.1, 0.15) is 5.76 Å². The number of hydrogen-bond donors (Lipinski definition) is 4. The highest BCUT2D eigenvalue weighted by molar-refractivity contribution is 5.90. The summed E-state index contributed by atoms with van der Waals surface area (Å²) >= 11 is 0. The van der Waals surface area contributed by atoms with E-state index in [1.54, 1.807) is 25.2 Å². The van der Waals surface area contributed by atoms with Gasteiger partial charge in [0.25, 0.3) is 0 Å². The Balaban J connectivity index is 2.04. The number of carbonyl (C=O) groups is 1. The molecule has 0 fully saturated rings. The van der Waals surface area contributed by atoms with E-state index in [0.29, 0.717) is 35.1 Å². The first kappa shape index (κ1) is 15.7.